The maximum absolute atomic E-state index is 11.8. The van der Waals surface area contributed by atoms with Gasteiger partial charge in [-0.05, 0) is 62.7 Å². The van der Waals surface area contributed by atoms with Crippen molar-refractivity contribution in [1.82, 2.24) is 20.4 Å². The molecule has 1 amide bonds. The van der Waals surface area contributed by atoms with Gasteiger partial charge in [0, 0.05) is 32.1 Å². The van der Waals surface area contributed by atoms with Gasteiger partial charge in [-0.25, -0.2) is 4.99 Å². The summed E-state index contributed by atoms with van der Waals surface area (Å²) in [5.41, 5.74) is 0. The highest BCUT2D eigenvalue weighted by Crippen LogP contribution is 2.15. The van der Waals surface area contributed by atoms with Crippen molar-refractivity contribution in [3.05, 3.63) is 22.4 Å². The SMILES string of the molecule is CC1CCN(CCCNC(=NCC(=O)N(C)C)NCCc2cccs2)CC1. The summed E-state index contributed by atoms with van der Waals surface area (Å²) in [6, 6.07) is 4.22. The second-order valence-corrected chi connectivity index (χ2v) is 8.55. The summed E-state index contributed by atoms with van der Waals surface area (Å²) in [6.07, 6.45) is 4.68. The van der Waals surface area contributed by atoms with Crippen LogP contribution in [-0.4, -0.2) is 75.0 Å². The van der Waals surface area contributed by atoms with E-state index in [1.807, 2.05) is 0 Å². The van der Waals surface area contributed by atoms with Crippen LogP contribution in [0.3, 0.4) is 0 Å². The molecule has 7 heteroatoms. The van der Waals surface area contributed by atoms with Crippen LogP contribution in [-0.2, 0) is 11.2 Å². The molecule has 2 heterocycles. The normalized spacial score (nSPS) is 16.3. The van der Waals surface area contributed by atoms with Crippen LogP contribution in [0.1, 0.15) is 31.1 Å². The fourth-order valence-electron chi connectivity index (χ4n) is 3.02. The van der Waals surface area contributed by atoms with Gasteiger partial charge in [0.25, 0.3) is 0 Å². The molecule has 0 unspecified atom stereocenters. The largest absolute Gasteiger partial charge is 0.356 e. The summed E-state index contributed by atoms with van der Waals surface area (Å²) in [5.74, 6) is 1.62. The third-order valence-electron chi connectivity index (χ3n) is 4.93. The third-order valence-corrected chi connectivity index (χ3v) is 5.87. The summed E-state index contributed by atoms with van der Waals surface area (Å²) in [6.45, 7) is 7.76. The number of amides is 1. The summed E-state index contributed by atoms with van der Waals surface area (Å²) in [5, 5.41) is 8.84. The standard InChI is InChI=1S/C20H35N5OS/c1-17-8-13-25(14-9-17)12-5-10-21-20(23-16-19(26)24(2)3)22-11-7-18-6-4-15-27-18/h4,6,15,17H,5,7-14,16H2,1-3H3,(H2,21,22,23). The van der Waals surface area contributed by atoms with E-state index in [9.17, 15) is 4.79 Å². The van der Waals surface area contributed by atoms with Gasteiger partial charge in [-0.1, -0.05) is 13.0 Å². The molecule has 2 N–H and O–H groups in total. The average molecular weight is 394 g/mol. The first-order chi connectivity index (χ1) is 13.0. The second kappa shape index (κ2) is 12.0. The zero-order valence-electron chi connectivity index (χ0n) is 17.0. The molecule has 1 saturated heterocycles. The maximum Gasteiger partial charge on any atom is 0.243 e. The number of thiophene rings is 1. The first-order valence-corrected chi connectivity index (χ1v) is 10.9. The topological polar surface area (TPSA) is 60.0 Å². The van der Waals surface area contributed by atoms with E-state index in [0.29, 0.717) is 0 Å². The molecular weight excluding hydrogens is 358 g/mol. The van der Waals surface area contributed by atoms with Crippen molar-refractivity contribution in [2.75, 3.05) is 53.4 Å². The first kappa shape index (κ1) is 21.7. The molecule has 2 rings (SSSR count). The number of hydrogen-bond donors (Lipinski definition) is 2. The van der Waals surface area contributed by atoms with Crippen LogP contribution in [0.15, 0.2) is 22.5 Å². The molecule has 1 aliphatic rings. The fraction of sp³-hybridized carbons (Fsp3) is 0.700. The zero-order valence-corrected chi connectivity index (χ0v) is 17.9. The molecule has 0 radical (unpaired) electrons. The van der Waals surface area contributed by atoms with E-state index in [0.717, 1.165) is 44.4 Å². The number of piperidine rings is 1. The Bertz CT molecular complexity index is 565. The van der Waals surface area contributed by atoms with Crippen LogP contribution >= 0.6 is 11.3 Å². The average Bonchev–Trinajstić information content (AvgIpc) is 3.17. The Hall–Kier alpha value is -1.60. The molecular formula is C20H35N5OS. The molecule has 1 aromatic heterocycles. The van der Waals surface area contributed by atoms with E-state index < -0.39 is 0 Å². The molecule has 6 nitrogen and oxygen atoms in total. The first-order valence-electron chi connectivity index (χ1n) is 10.0. The molecule has 0 saturated carbocycles. The number of likely N-dealkylation sites (tertiary alicyclic amines) is 1. The lowest BCUT2D eigenvalue weighted by molar-refractivity contribution is -0.127. The van der Waals surface area contributed by atoms with Crippen LogP contribution in [0, 0.1) is 5.92 Å². The number of carbonyl (C=O) groups excluding carboxylic acids is 1. The van der Waals surface area contributed by atoms with Crippen molar-refractivity contribution >= 4 is 23.2 Å². The van der Waals surface area contributed by atoms with Crippen molar-refractivity contribution < 1.29 is 4.79 Å². The van der Waals surface area contributed by atoms with Gasteiger partial charge in [0.1, 0.15) is 6.54 Å². The number of likely N-dealkylation sites (N-methyl/N-ethyl adjacent to an activating group) is 1. The minimum absolute atomic E-state index is 0.0109. The third kappa shape index (κ3) is 8.75. The highest BCUT2D eigenvalue weighted by Gasteiger charge is 2.14. The van der Waals surface area contributed by atoms with Gasteiger partial charge in [0.05, 0.1) is 0 Å². The van der Waals surface area contributed by atoms with Crippen molar-refractivity contribution in [2.24, 2.45) is 10.9 Å². The van der Waals surface area contributed by atoms with Gasteiger partial charge >= 0.3 is 0 Å². The zero-order chi connectivity index (χ0) is 19.5. The Morgan fingerprint density at radius 3 is 2.70 bits per heavy atom. The Morgan fingerprint density at radius 2 is 2.04 bits per heavy atom. The lowest BCUT2D eigenvalue weighted by Crippen LogP contribution is -2.41. The molecule has 0 bridgehead atoms. The predicted molar refractivity (Wildman–Crippen MR) is 114 cm³/mol. The molecule has 27 heavy (non-hydrogen) atoms. The molecule has 0 atom stereocenters. The van der Waals surface area contributed by atoms with E-state index in [1.54, 1.807) is 30.3 Å². The van der Waals surface area contributed by atoms with Crippen molar-refractivity contribution in [1.29, 1.82) is 0 Å². The summed E-state index contributed by atoms with van der Waals surface area (Å²) in [7, 11) is 3.52. The van der Waals surface area contributed by atoms with E-state index in [2.05, 4.69) is 45.0 Å². The number of guanidine groups is 1. The molecule has 1 aliphatic heterocycles. The van der Waals surface area contributed by atoms with Gasteiger partial charge < -0.3 is 20.4 Å². The summed E-state index contributed by atoms with van der Waals surface area (Å²) >= 11 is 1.77. The van der Waals surface area contributed by atoms with Gasteiger partial charge in [-0.15, -0.1) is 11.3 Å². The minimum atomic E-state index is 0.0109. The molecule has 152 valence electrons. The van der Waals surface area contributed by atoms with Crippen molar-refractivity contribution in [3.8, 4) is 0 Å². The van der Waals surface area contributed by atoms with Crippen LogP contribution in [0.25, 0.3) is 0 Å². The lowest BCUT2D eigenvalue weighted by Gasteiger charge is -2.30. The number of nitrogens with zero attached hydrogens (tertiary/aromatic N) is 3. The Morgan fingerprint density at radius 1 is 1.30 bits per heavy atom. The van der Waals surface area contributed by atoms with Gasteiger partial charge in [-0.2, -0.15) is 0 Å². The van der Waals surface area contributed by atoms with Crippen molar-refractivity contribution in [2.45, 2.75) is 32.6 Å². The minimum Gasteiger partial charge on any atom is -0.356 e. The van der Waals surface area contributed by atoms with E-state index in [4.69, 9.17) is 0 Å². The number of aliphatic imine (C=N–C) groups is 1. The van der Waals surface area contributed by atoms with Crippen LogP contribution in [0.4, 0.5) is 0 Å². The van der Waals surface area contributed by atoms with E-state index >= 15 is 0 Å². The van der Waals surface area contributed by atoms with Crippen LogP contribution < -0.4 is 10.6 Å². The van der Waals surface area contributed by atoms with Gasteiger partial charge in [-0.3, -0.25) is 4.79 Å². The van der Waals surface area contributed by atoms with Crippen molar-refractivity contribution in [3.63, 3.8) is 0 Å². The maximum atomic E-state index is 11.8. The number of rotatable bonds is 9. The number of hydrogen-bond acceptors (Lipinski definition) is 4. The lowest BCUT2D eigenvalue weighted by atomic mass is 9.99. The second-order valence-electron chi connectivity index (χ2n) is 7.51. The highest BCUT2D eigenvalue weighted by molar-refractivity contribution is 7.09. The summed E-state index contributed by atoms with van der Waals surface area (Å²) in [4.78, 5) is 21.8. The number of carbonyl (C=O) groups is 1. The monoisotopic (exact) mass is 393 g/mol. The Balaban J connectivity index is 1.72. The van der Waals surface area contributed by atoms with E-state index in [1.165, 1.54) is 30.8 Å². The highest BCUT2D eigenvalue weighted by atomic mass is 32.1. The molecule has 0 aliphatic carbocycles. The number of nitrogens with one attached hydrogen (secondary N) is 2. The molecule has 0 spiro atoms. The quantitative estimate of drug-likeness (QED) is 0.383. The fourth-order valence-corrected chi connectivity index (χ4v) is 3.73. The van der Waals surface area contributed by atoms with Crippen LogP contribution in [0.5, 0.6) is 0 Å². The molecule has 1 fully saturated rings. The predicted octanol–water partition coefficient (Wildman–Crippen LogP) is 2.04. The van der Waals surface area contributed by atoms with E-state index in [-0.39, 0.29) is 12.5 Å². The Labute approximate surface area is 168 Å². The van der Waals surface area contributed by atoms with Gasteiger partial charge in [0.15, 0.2) is 5.96 Å². The smallest absolute Gasteiger partial charge is 0.243 e. The van der Waals surface area contributed by atoms with Gasteiger partial charge in [0.2, 0.25) is 5.91 Å². The molecule has 1 aromatic rings. The summed E-state index contributed by atoms with van der Waals surface area (Å²) < 4.78 is 0. The Kier molecular flexibility index (Phi) is 9.62. The van der Waals surface area contributed by atoms with Crippen LogP contribution in [0.2, 0.25) is 0 Å². The molecule has 0 aromatic carbocycles.